The fourth-order valence-electron chi connectivity index (χ4n) is 3.10. The molecule has 3 rings (SSSR count). The highest BCUT2D eigenvalue weighted by molar-refractivity contribution is 6.00. The quantitative estimate of drug-likeness (QED) is 0.938. The number of anilines is 1. The minimum Gasteiger partial charge on any atom is -0.394 e. The lowest BCUT2D eigenvalue weighted by Crippen LogP contribution is -2.48. The topological polar surface area (TPSA) is 39.1 Å². The first kappa shape index (κ1) is 15.6. The molecule has 0 amide bonds. The fourth-order valence-corrected chi connectivity index (χ4v) is 3.10. The van der Waals surface area contributed by atoms with Crippen molar-refractivity contribution in [3.05, 3.63) is 60.2 Å². The molecule has 1 N–H and O–H groups in total. The fraction of sp³-hybridized carbons (Fsp3) is 0.316. The van der Waals surface area contributed by atoms with E-state index >= 15 is 0 Å². The second-order valence-corrected chi connectivity index (χ2v) is 5.55. The maximum Gasteiger partial charge on any atom is 0.207 e. The number of hydrogen-bond donors (Lipinski definition) is 1. The van der Waals surface area contributed by atoms with Gasteiger partial charge in [0, 0.05) is 24.3 Å². The van der Waals surface area contributed by atoms with Gasteiger partial charge in [-0.25, -0.2) is 4.99 Å². The maximum absolute atomic E-state index is 10.1. The van der Waals surface area contributed by atoms with Crippen LogP contribution in [0.2, 0.25) is 0 Å². The minimum atomic E-state index is -0.123. The molecule has 23 heavy (non-hydrogen) atoms. The molecule has 1 aliphatic rings. The van der Waals surface area contributed by atoms with Crippen LogP contribution in [0.4, 0.5) is 11.4 Å². The Balaban J connectivity index is 2.17. The van der Waals surface area contributed by atoms with Gasteiger partial charge in [-0.3, -0.25) is 0 Å². The molecule has 0 radical (unpaired) electrons. The summed E-state index contributed by atoms with van der Waals surface area (Å²) in [5.74, 6) is 0.902. The van der Waals surface area contributed by atoms with Crippen molar-refractivity contribution in [1.82, 2.24) is 4.90 Å². The van der Waals surface area contributed by atoms with E-state index in [2.05, 4.69) is 41.8 Å². The third-order valence-corrected chi connectivity index (χ3v) is 4.30. The van der Waals surface area contributed by atoms with E-state index in [0.29, 0.717) is 0 Å². The minimum absolute atomic E-state index is 0.0478. The molecule has 2 aromatic carbocycles. The van der Waals surface area contributed by atoms with Gasteiger partial charge < -0.3 is 14.9 Å². The van der Waals surface area contributed by atoms with Crippen molar-refractivity contribution < 1.29 is 5.11 Å². The van der Waals surface area contributed by atoms with E-state index in [1.165, 1.54) is 0 Å². The Bertz CT molecular complexity index is 680. The predicted octanol–water partition coefficient (Wildman–Crippen LogP) is 3.57. The third-order valence-electron chi connectivity index (χ3n) is 4.30. The normalized spacial score (nSPS) is 16.7. The van der Waals surface area contributed by atoms with E-state index < -0.39 is 0 Å². The molecular formula is C19H23N3O. The molecule has 0 aliphatic carbocycles. The molecule has 4 nitrogen and oxygen atoms in total. The molecule has 120 valence electrons. The van der Waals surface area contributed by atoms with Crippen molar-refractivity contribution in [2.45, 2.75) is 19.9 Å². The number of aliphatic hydroxyl groups is 1. The molecule has 1 aliphatic heterocycles. The number of hydrogen-bond acceptors (Lipinski definition) is 4. The zero-order valence-corrected chi connectivity index (χ0v) is 13.7. The second-order valence-electron chi connectivity index (χ2n) is 5.55. The number of aliphatic hydroxyl groups excluding tert-OH is 1. The van der Waals surface area contributed by atoms with Crippen LogP contribution in [0.25, 0.3) is 0 Å². The van der Waals surface area contributed by atoms with Crippen LogP contribution in [0.15, 0.2) is 59.6 Å². The van der Waals surface area contributed by atoms with E-state index in [1.807, 2.05) is 36.4 Å². The summed E-state index contributed by atoms with van der Waals surface area (Å²) >= 11 is 0. The number of rotatable bonds is 4. The maximum atomic E-state index is 10.1. The standard InChI is InChI=1S/C19H23N3O/c1-3-21(4-2)19-20-17-13-9-8-12-16(17)18(14-23)22(19)15-10-6-5-7-11-15/h5-13,18,23H,3-4,14H2,1-2H3/t18-/m1/s1. The van der Waals surface area contributed by atoms with E-state index in [0.717, 1.165) is 36.0 Å². The summed E-state index contributed by atoms with van der Waals surface area (Å²) in [4.78, 5) is 9.28. The molecule has 0 saturated heterocycles. The lowest BCUT2D eigenvalue weighted by atomic mass is 10.0. The first-order valence-corrected chi connectivity index (χ1v) is 8.17. The number of fused-ring (bicyclic) bond motifs is 1. The highest BCUT2D eigenvalue weighted by atomic mass is 16.3. The van der Waals surface area contributed by atoms with Gasteiger partial charge in [0.15, 0.2) is 0 Å². The molecular weight excluding hydrogens is 286 g/mol. The molecule has 1 heterocycles. The van der Waals surface area contributed by atoms with Crippen LogP contribution >= 0.6 is 0 Å². The van der Waals surface area contributed by atoms with E-state index in [9.17, 15) is 5.11 Å². The van der Waals surface area contributed by atoms with Crippen molar-refractivity contribution >= 4 is 17.3 Å². The average molecular weight is 309 g/mol. The van der Waals surface area contributed by atoms with Crippen molar-refractivity contribution in [3.63, 3.8) is 0 Å². The van der Waals surface area contributed by atoms with Crippen molar-refractivity contribution in [2.24, 2.45) is 4.99 Å². The van der Waals surface area contributed by atoms with Crippen LogP contribution in [0.1, 0.15) is 25.5 Å². The monoisotopic (exact) mass is 309 g/mol. The van der Waals surface area contributed by atoms with Crippen molar-refractivity contribution in [1.29, 1.82) is 0 Å². The Kier molecular flexibility index (Phi) is 4.63. The number of nitrogens with zero attached hydrogens (tertiary/aromatic N) is 3. The lowest BCUT2D eigenvalue weighted by molar-refractivity contribution is 0.264. The first-order chi connectivity index (χ1) is 11.3. The Labute approximate surface area is 137 Å². The number of guanidine groups is 1. The van der Waals surface area contributed by atoms with Gasteiger partial charge in [-0.05, 0) is 32.0 Å². The second kappa shape index (κ2) is 6.84. The summed E-state index contributed by atoms with van der Waals surface area (Å²) in [5, 5.41) is 10.1. The summed E-state index contributed by atoms with van der Waals surface area (Å²) < 4.78 is 0. The van der Waals surface area contributed by atoms with Gasteiger partial charge in [0.2, 0.25) is 5.96 Å². The third kappa shape index (κ3) is 2.82. The molecule has 0 saturated carbocycles. The molecule has 2 aromatic rings. The molecule has 0 aromatic heterocycles. The summed E-state index contributed by atoms with van der Waals surface area (Å²) in [5.41, 5.74) is 3.06. The van der Waals surface area contributed by atoms with Crippen molar-refractivity contribution in [3.8, 4) is 0 Å². The van der Waals surface area contributed by atoms with Gasteiger partial charge in [-0.1, -0.05) is 36.4 Å². The Hall–Kier alpha value is -2.33. The van der Waals surface area contributed by atoms with Crippen LogP contribution in [-0.2, 0) is 0 Å². The van der Waals surface area contributed by atoms with Crippen LogP contribution in [0, 0.1) is 0 Å². The van der Waals surface area contributed by atoms with Crippen LogP contribution in [0.3, 0.4) is 0 Å². The van der Waals surface area contributed by atoms with Crippen LogP contribution in [-0.4, -0.2) is 35.7 Å². The van der Waals surface area contributed by atoms with Crippen LogP contribution < -0.4 is 4.90 Å². The SMILES string of the molecule is CCN(CC)C1=Nc2ccccc2[C@@H](CO)N1c1ccccc1. The summed E-state index contributed by atoms with van der Waals surface area (Å²) in [7, 11) is 0. The number of para-hydroxylation sites is 2. The zero-order valence-electron chi connectivity index (χ0n) is 13.7. The largest absolute Gasteiger partial charge is 0.394 e. The van der Waals surface area contributed by atoms with Gasteiger partial charge in [0.25, 0.3) is 0 Å². The Morgan fingerprint density at radius 3 is 2.30 bits per heavy atom. The molecule has 1 atom stereocenters. The van der Waals surface area contributed by atoms with Gasteiger partial charge in [0.05, 0.1) is 18.3 Å². The smallest absolute Gasteiger partial charge is 0.207 e. The molecule has 4 heteroatoms. The van der Waals surface area contributed by atoms with E-state index in [-0.39, 0.29) is 12.6 Å². The molecule has 0 fully saturated rings. The summed E-state index contributed by atoms with van der Waals surface area (Å²) in [6.07, 6.45) is 0. The van der Waals surface area contributed by atoms with Gasteiger partial charge in [-0.15, -0.1) is 0 Å². The summed E-state index contributed by atoms with van der Waals surface area (Å²) in [6, 6.07) is 18.1. The predicted molar refractivity (Wildman–Crippen MR) is 95.2 cm³/mol. The molecule has 0 spiro atoms. The molecule has 0 unspecified atom stereocenters. The van der Waals surface area contributed by atoms with E-state index in [1.54, 1.807) is 0 Å². The Morgan fingerprint density at radius 1 is 1.00 bits per heavy atom. The van der Waals surface area contributed by atoms with Gasteiger partial charge >= 0.3 is 0 Å². The first-order valence-electron chi connectivity index (χ1n) is 8.17. The average Bonchev–Trinajstić information content (AvgIpc) is 2.62. The zero-order chi connectivity index (χ0) is 16.2. The number of aliphatic imine (C=N–C) groups is 1. The van der Waals surface area contributed by atoms with Crippen LogP contribution in [0.5, 0.6) is 0 Å². The molecule has 0 bridgehead atoms. The van der Waals surface area contributed by atoms with Gasteiger partial charge in [0.1, 0.15) is 0 Å². The highest BCUT2D eigenvalue weighted by Crippen LogP contribution is 2.38. The Morgan fingerprint density at radius 2 is 1.65 bits per heavy atom. The summed E-state index contributed by atoms with van der Waals surface area (Å²) in [6.45, 7) is 6.05. The number of benzene rings is 2. The van der Waals surface area contributed by atoms with E-state index in [4.69, 9.17) is 4.99 Å². The lowest BCUT2D eigenvalue weighted by Gasteiger charge is -2.41. The van der Waals surface area contributed by atoms with Gasteiger partial charge in [-0.2, -0.15) is 0 Å². The highest BCUT2D eigenvalue weighted by Gasteiger charge is 2.32. The van der Waals surface area contributed by atoms with Crippen molar-refractivity contribution in [2.75, 3.05) is 24.6 Å².